The smallest absolute Gasteiger partial charge is 0.274 e. The highest BCUT2D eigenvalue weighted by Gasteiger charge is 2.26. The number of fused-ring (bicyclic) bond motifs is 1. The fraction of sp³-hybridized carbons (Fsp3) is 0.318. The maximum atomic E-state index is 11.6. The van der Waals surface area contributed by atoms with Gasteiger partial charge in [-0.25, -0.2) is 9.98 Å². The van der Waals surface area contributed by atoms with Gasteiger partial charge in [-0.3, -0.25) is 0 Å². The molecule has 0 amide bonds. The predicted octanol–water partition coefficient (Wildman–Crippen LogP) is 3.91. The minimum Gasteiger partial charge on any atom is -0.502 e. The van der Waals surface area contributed by atoms with Gasteiger partial charge in [0.15, 0.2) is 0 Å². The highest BCUT2D eigenvalue weighted by molar-refractivity contribution is 7.87. The molecule has 0 radical (unpaired) electrons. The molecule has 3 aromatic rings. The van der Waals surface area contributed by atoms with Crippen LogP contribution in [0.1, 0.15) is 43.9 Å². The van der Waals surface area contributed by atoms with E-state index in [-0.39, 0.29) is 12.0 Å². The van der Waals surface area contributed by atoms with E-state index in [1.165, 1.54) is 0 Å². The topological polar surface area (TPSA) is 125 Å². The maximum absolute atomic E-state index is 11.6. The molecular formula is C22H23N5O4S. The Morgan fingerprint density at radius 2 is 2.12 bits per heavy atom. The van der Waals surface area contributed by atoms with Crippen LogP contribution in [0, 0.1) is 6.57 Å². The molecule has 2 aromatic carbocycles. The fourth-order valence-corrected chi connectivity index (χ4v) is 4.56. The Labute approximate surface area is 186 Å². The molecule has 1 heterocycles. The zero-order chi connectivity index (χ0) is 22.9. The van der Waals surface area contributed by atoms with Crippen LogP contribution in [0.5, 0.6) is 5.75 Å². The number of ether oxygens (including phenoxy) is 1. The van der Waals surface area contributed by atoms with E-state index in [2.05, 4.69) is 19.7 Å². The first-order chi connectivity index (χ1) is 15.2. The second kappa shape index (κ2) is 8.70. The number of nitrogens with two attached hydrogens (primary N) is 1. The average molecular weight is 454 g/mol. The predicted molar refractivity (Wildman–Crippen MR) is 119 cm³/mol. The summed E-state index contributed by atoms with van der Waals surface area (Å²) in [7, 11) is -3.83. The number of aromatic nitrogens is 2. The Morgan fingerprint density at radius 3 is 2.84 bits per heavy atom. The molecule has 0 saturated heterocycles. The van der Waals surface area contributed by atoms with Crippen molar-refractivity contribution in [3.05, 3.63) is 58.9 Å². The molecule has 0 aliphatic heterocycles. The molecule has 1 aliphatic carbocycles. The van der Waals surface area contributed by atoms with Gasteiger partial charge in [-0.05, 0) is 62.4 Å². The van der Waals surface area contributed by atoms with Gasteiger partial charge < -0.3 is 9.26 Å². The van der Waals surface area contributed by atoms with E-state index in [0.717, 1.165) is 29.5 Å². The zero-order valence-electron chi connectivity index (χ0n) is 17.7. The van der Waals surface area contributed by atoms with Crippen LogP contribution in [-0.2, 0) is 16.6 Å². The number of nitrogens with zero attached hydrogens (tertiary/aromatic N) is 3. The summed E-state index contributed by atoms with van der Waals surface area (Å²) < 4.78 is 36.8. The quantitative estimate of drug-likeness (QED) is 0.545. The molecule has 166 valence electrons. The molecule has 4 rings (SSSR count). The van der Waals surface area contributed by atoms with Crippen molar-refractivity contribution in [3.63, 3.8) is 0 Å². The lowest BCUT2D eigenvalue weighted by atomic mass is 9.85. The maximum Gasteiger partial charge on any atom is 0.274 e. The average Bonchev–Trinajstić information content (AvgIpc) is 3.22. The molecule has 0 bridgehead atoms. The lowest BCUT2D eigenvalue weighted by molar-refractivity contribution is 0.244. The first-order valence-corrected chi connectivity index (χ1v) is 11.7. The van der Waals surface area contributed by atoms with Gasteiger partial charge in [-0.15, -0.1) is 0 Å². The molecule has 9 nitrogen and oxygen atoms in total. The van der Waals surface area contributed by atoms with Crippen molar-refractivity contribution in [2.24, 2.45) is 5.14 Å². The van der Waals surface area contributed by atoms with Crippen LogP contribution in [0.25, 0.3) is 27.7 Å². The third kappa shape index (κ3) is 4.65. The summed E-state index contributed by atoms with van der Waals surface area (Å²) in [5.41, 5.74) is 3.59. The van der Waals surface area contributed by atoms with E-state index in [4.69, 9.17) is 21.0 Å². The van der Waals surface area contributed by atoms with Crippen molar-refractivity contribution < 1.29 is 17.7 Å². The highest BCUT2D eigenvalue weighted by atomic mass is 32.2. The number of benzene rings is 2. The molecule has 10 heteroatoms. The Kier molecular flexibility index (Phi) is 5.97. The summed E-state index contributed by atoms with van der Waals surface area (Å²) in [6.45, 7) is 11.2. The summed E-state index contributed by atoms with van der Waals surface area (Å²) in [6, 6.07) is 10.4. The number of rotatable bonds is 6. The first kappa shape index (κ1) is 22.0. The summed E-state index contributed by atoms with van der Waals surface area (Å²) >= 11 is 0. The minimum atomic E-state index is -3.83. The van der Waals surface area contributed by atoms with Gasteiger partial charge in [0.2, 0.25) is 11.5 Å². The Balaban J connectivity index is 1.68. The summed E-state index contributed by atoms with van der Waals surface area (Å²) in [5.74, 6) is 1.19. The van der Waals surface area contributed by atoms with Gasteiger partial charge in [0.1, 0.15) is 5.75 Å². The lowest BCUT2D eigenvalue weighted by Crippen LogP contribution is -2.35. The third-order valence-corrected chi connectivity index (χ3v) is 5.78. The van der Waals surface area contributed by atoms with Gasteiger partial charge >= 0.3 is 0 Å². The van der Waals surface area contributed by atoms with Crippen LogP contribution >= 0.6 is 0 Å². The van der Waals surface area contributed by atoms with Crippen LogP contribution in [-0.4, -0.2) is 24.7 Å². The summed E-state index contributed by atoms with van der Waals surface area (Å²) in [5, 5.41) is 9.33. The molecule has 0 unspecified atom stereocenters. The van der Waals surface area contributed by atoms with Gasteiger partial charge in [0.05, 0.1) is 12.7 Å². The first-order valence-electron chi connectivity index (χ1n) is 10.2. The third-order valence-electron chi connectivity index (χ3n) is 5.17. The van der Waals surface area contributed by atoms with E-state index in [1.54, 1.807) is 18.2 Å². The van der Waals surface area contributed by atoms with Crippen LogP contribution in [0.4, 0.5) is 5.69 Å². The minimum absolute atomic E-state index is 0.0480. The van der Waals surface area contributed by atoms with Crippen molar-refractivity contribution in [3.8, 4) is 28.6 Å². The van der Waals surface area contributed by atoms with Gasteiger partial charge in [-0.1, -0.05) is 23.4 Å². The van der Waals surface area contributed by atoms with Crippen LogP contribution in [0.3, 0.4) is 0 Å². The van der Waals surface area contributed by atoms with Crippen molar-refractivity contribution in [2.45, 2.75) is 45.3 Å². The van der Waals surface area contributed by atoms with Crippen molar-refractivity contribution in [1.82, 2.24) is 14.9 Å². The Morgan fingerprint density at radius 1 is 1.31 bits per heavy atom. The molecule has 0 saturated carbocycles. The van der Waals surface area contributed by atoms with E-state index in [9.17, 15) is 8.42 Å². The molecule has 1 aromatic heterocycles. The second-order valence-corrected chi connectivity index (χ2v) is 9.19. The largest absolute Gasteiger partial charge is 0.502 e. The van der Waals surface area contributed by atoms with E-state index in [0.29, 0.717) is 29.2 Å². The van der Waals surface area contributed by atoms with Gasteiger partial charge in [0, 0.05) is 17.2 Å². The van der Waals surface area contributed by atoms with Gasteiger partial charge in [0.25, 0.3) is 16.1 Å². The molecule has 3 N–H and O–H groups in total. The van der Waals surface area contributed by atoms with Crippen LogP contribution in [0.15, 0.2) is 40.9 Å². The number of nitrogens with one attached hydrogen (secondary N) is 1. The SMILES string of the molecule is [C-]#[N+]c1cc(-c2nc(-c3cccc4c3CCC[C@H]4NS(N)(=O)=O)no2)ccc1OC(C)C. The fourth-order valence-electron chi connectivity index (χ4n) is 3.92. The molecule has 32 heavy (non-hydrogen) atoms. The Bertz CT molecular complexity index is 1290. The van der Waals surface area contributed by atoms with Crippen molar-refractivity contribution >= 4 is 15.9 Å². The Hall–Kier alpha value is -3.26. The molecule has 1 atom stereocenters. The summed E-state index contributed by atoms with van der Waals surface area (Å²) in [4.78, 5) is 8.08. The van der Waals surface area contributed by atoms with E-state index in [1.807, 2.05) is 32.0 Å². The lowest BCUT2D eigenvalue weighted by Gasteiger charge is -2.26. The van der Waals surface area contributed by atoms with E-state index < -0.39 is 16.3 Å². The van der Waals surface area contributed by atoms with Crippen molar-refractivity contribution in [2.75, 3.05) is 0 Å². The standard InChI is InChI=1S/C22H23N5O4S/c1-13(2)30-20-11-10-14(12-19(20)24-3)22-25-21(26-31-22)17-8-4-7-16-15(17)6-5-9-18(16)27-32(23,28)29/h4,7-8,10-13,18,27H,5-6,9H2,1-2H3,(H2,23,28,29)/t18-/m1/s1. The van der Waals surface area contributed by atoms with Crippen molar-refractivity contribution in [1.29, 1.82) is 0 Å². The molecule has 0 fully saturated rings. The molecular weight excluding hydrogens is 430 g/mol. The number of hydrogen-bond donors (Lipinski definition) is 2. The summed E-state index contributed by atoms with van der Waals surface area (Å²) in [6.07, 6.45) is 2.18. The van der Waals surface area contributed by atoms with E-state index >= 15 is 0 Å². The second-order valence-electron chi connectivity index (χ2n) is 7.87. The monoisotopic (exact) mass is 453 g/mol. The normalized spacial score (nSPS) is 15.9. The molecule has 1 aliphatic rings. The van der Waals surface area contributed by atoms with Gasteiger partial charge in [-0.2, -0.15) is 18.1 Å². The highest BCUT2D eigenvalue weighted by Crippen LogP contribution is 2.37. The number of hydrogen-bond acceptors (Lipinski definition) is 6. The van der Waals surface area contributed by atoms with Crippen LogP contribution in [0.2, 0.25) is 0 Å². The zero-order valence-corrected chi connectivity index (χ0v) is 18.5. The molecule has 0 spiro atoms. The van der Waals surface area contributed by atoms with Crippen LogP contribution < -0.4 is 14.6 Å².